The molecule has 1 N–H and O–H groups in total. The van der Waals surface area contributed by atoms with Gasteiger partial charge in [0.05, 0.1) is 5.02 Å². The third-order valence-corrected chi connectivity index (χ3v) is 3.47. The number of hydrogen-bond donors (Lipinski definition) is 1. The average Bonchev–Trinajstić information content (AvgIpc) is 2.83. The van der Waals surface area contributed by atoms with Crippen LogP contribution in [0.15, 0.2) is 33.2 Å². The van der Waals surface area contributed by atoms with Crippen molar-refractivity contribution in [2.75, 3.05) is 0 Å². The molecule has 0 fully saturated rings. The molecule has 1 unspecified atom stereocenters. The number of carboxylic acid groups (broad SMARTS) is 1. The van der Waals surface area contributed by atoms with E-state index in [-0.39, 0.29) is 5.76 Å². The standard InChI is InChI=1S/C14H12BrClO4/c1-7-5-9(15)6-10(16)13(7)19-8(2)11-3-4-12(20-11)14(17)18/h3-6,8H,1-2H3,(H,17,18). The molecule has 2 rings (SSSR count). The second-order valence-corrected chi connectivity index (χ2v) is 5.62. The lowest BCUT2D eigenvalue weighted by Gasteiger charge is -2.16. The van der Waals surface area contributed by atoms with Gasteiger partial charge >= 0.3 is 5.97 Å². The number of aryl methyl sites for hydroxylation is 1. The number of rotatable bonds is 4. The predicted octanol–water partition coefficient (Wildman–Crippen LogP) is 4.84. The molecule has 0 spiro atoms. The Morgan fingerprint density at radius 1 is 1.45 bits per heavy atom. The summed E-state index contributed by atoms with van der Waals surface area (Å²) in [5.74, 6) is -0.244. The highest BCUT2D eigenvalue weighted by molar-refractivity contribution is 9.10. The molecular formula is C14H12BrClO4. The number of benzene rings is 1. The molecule has 0 aliphatic rings. The molecule has 0 aliphatic heterocycles. The van der Waals surface area contributed by atoms with Gasteiger partial charge in [-0.1, -0.05) is 27.5 Å². The van der Waals surface area contributed by atoms with Crippen molar-refractivity contribution in [3.8, 4) is 5.75 Å². The van der Waals surface area contributed by atoms with Crippen molar-refractivity contribution in [2.45, 2.75) is 20.0 Å². The molecule has 0 bridgehead atoms. The van der Waals surface area contributed by atoms with E-state index >= 15 is 0 Å². The maximum Gasteiger partial charge on any atom is 0.371 e. The van der Waals surface area contributed by atoms with Crippen LogP contribution in [-0.4, -0.2) is 11.1 Å². The topological polar surface area (TPSA) is 59.7 Å². The Kier molecular flexibility index (Phi) is 4.40. The SMILES string of the molecule is Cc1cc(Br)cc(Cl)c1OC(C)c1ccc(C(=O)O)o1. The third kappa shape index (κ3) is 3.16. The quantitative estimate of drug-likeness (QED) is 0.848. The summed E-state index contributed by atoms with van der Waals surface area (Å²) >= 11 is 9.50. The first-order valence-corrected chi connectivity index (χ1v) is 7.01. The third-order valence-electron chi connectivity index (χ3n) is 2.73. The van der Waals surface area contributed by atoms with E-state index in [0.29, 0.717) is 16.5 Å². The molecule has 0 radical (unpaired) electrons. The van der Waals surface area contributed by atoms with Crippen LogP contribution in [0.4, 0.5) is 0 Å². The Morgan fingerprint density at radius 2 is 2.15 bits per heavy atom. The Balaban J connectivity index is 2.23. The molecule has 1 aromatic heterocycles. The summed E-state index contributed by atoms with van der Waals surface area (Å²) in [5.41, 5.74) is 0.876. The van der Waals surface area contributed by atoms with E-state index in [0.717, 1.165) is 10.0 Å². The normalized spacial score (nSPS) is 12.2. The minimum Gasteiger partial charge on any atom is -0.481 e. The Labute approximate surface area is 129 Å². The maximum atomic E-state index is 10.8. The van der Waals surface area contributed by atoms with Gasteiger partial charge < -0.3 is 14.3 Å². The lowest BCUT2D eigenvalue weighted by Crippen LogP contribution is -2.04. The number of furan rings is 1. The minimum atomic E-state index is -1.11. The molecule has 4 nitrogen and oxygen atoms in total. The zero-order valence-electron chi connectivity index (χ0n) is 10.8. The molecule has 1 atom stereocenters. The average molecular weight is 360 g/mol. The van der Waals surface area contributed by atoms with Gasteiger partial charge in [0, 0.05) is 4.47 Å². The number of aromatic carboxylic acids is 1. The first kappa shape index (κ1) is 14.9. The van der Waals surface area contributed by atoms with Crippen LogP contribution in [0.2, 0.25) is 5.02 Å². The Morgan fingerprint density at radius 3 is 2.70 bits per heavy atom. The van der Waals surface area contributed by atoms with E-state index in [2.05, 4.69) is 15.9 Å². The first-order chi connectivity index (χ1) is 9.38. The summed E-state index contributed by atoms with van der Waals surface area (Å²) in [6.07, 6.45) is -0.444. The number of carbonyl (C=O) groups is 1. The molecule has 20 heavy (non-hydrogen) atoms. The highest BCUT2D eigenvalue weighted by Crippen LogP contribution is 2.35. The molecule has 0 amide bonds. The number of carboxylic acids is 1. The maximum absolute atomic E-state index is 10.8. The summed E-state index contributed by atoms with van der Waals surface area (Å²) < 4.78 is 11.8. The van der Waals surface area contributed by atoms with Crippen LogP contribution in [0, 0.1) is 6.92 Å². The molecule has 0 aliphatic carbocycles. The van der Waals surface area contributed by atoms with E-state index < -0.39 is 12.1 Å². The van der Waals surface area contributed by atoms with Crippen LogP contribution >= 0.6 is 27.5 Å². The fraction of sp³-hybridized carbons (Fsp3) is 0.214. The zero-order chi connectivity index (χ0) is 14.9. The summed E-state index contributed by atoms with van der Waals surface area (Å²) in [5, 5.41) is 9.31. The van der Waals surface area contributed by atoms with E-state index in [1.165, 1.54) is 6.07 Å². The zero-order valence-corrected chi connectivity index (χ0v) is 13.2. The van der Waals surface area contributed by atoms with Crippen molar-refractivity contribution < 1.29 is 19.1 Å². The first-order valence-electron chi connectivity index (χ1n) is 5.84. The molecular weight excluding hydrogens is 348 g/mol. The Bertz CT molecular complexity index is 627. The predicted molar refractivity (Wildman–Crippen MR) is 78.6 cm³/mol. The van der Waals surface area contributed by atoms with Gasteiger partial charge in [-0.15, -0.1) is 0 Å². The van der Waals surface area contributed by atoms with Crippen LogP contribution in [-0.2, 0) is 0 Å². The summed E-state index contributed by atoms with van der Waals surface area (Å²) in [6, 6.07) is 6.60. The molecule has 0 saturated heterocycles. The molecule has 6 heteroatoms. The van der Waals surface area contributed by atoms with Crippen LogP contribution in [0.1, 0.15) is 34.9 Å². The van der Waals surface area contributed by atoms with Crippen molar-refractivity contribution in [1.29, 1.82) is 0 Å². The highest BCUT2D eigenvalue weighted by Gasteiger charge is 2.18. The summed E-state index contributed by atoms with van der Waals surface area (Å²) in [6.45, 7) is 3.64. The second kappa shape index (κ2) is 5.89. The van der Waals surface area contributed by atoms with Crippen molar-refractivity contribution in [2.24, 2.45) is 0 Å². The van der Waals surface area contributed by atoms with Crippen LogP contribution in [0.3, 0.4) is 0 Å². The van der Waals surface area contributed by atoms with Crippen molar-refractivity contribution in [1.82, 2.24) is 0 Å². The van der Waals surface area contributed by atoms with Crippen molar-refractivity contribution >= 4 is 33.5 Å². The van der Waals surface area contributed by atoms with Gasteiger partial charge in [0.1, 0.15) is 11.5 Å². The van der Waals surface area contributed by atoms with E-state index in [1.54, 1.807) is 19.1 Å². The van der Waals surface area contributed by atoms with Crippen LogP contribution < -0.4 is 4.74 Å². The molecule has 106 valence electrons. The van der Waals surface area contributed by atoms with Crippen LogP contribution in [0.5, 0.6) is 5.75 Å². The lowest BCUT2D eigenvalue weighted by molar-refractivity contribution is 0.0655. The molecule has 0 saturated carbocycles. The Hall–Kier alpha value is -1.46. The fourth-order valence-corrected chi connectivity index (χ4v) is 2.77. The van der Waals surface area contributed by atoms with Gasteiger partial charge in [-0.05, 0) is 43.7 Å². The van der Waals surface area contributed by atoms with Gasteiger partial charge in [-0.3, -0.25) is 0 Å². The van der Waals surface area contributed by atoms with Crippen molar-refractivity contribution in [3.05, 3.63) is 50.8 Å². The molecule has 1 heterocycles. The summed E-state index contributed by atoms with van der Waals surface area (Å²) in [7, 11) is 0. The fourth-order valence-electron chi connectivity index (χ4n) is 1.76. The van der Waals surface area contributed by atoms with Gasteiger partial charge in [0.2, 0.25) is 5.76 Å². The van der Waals surface area contributed by atoms with E-state index in [1.807, 2.05) is 13.0 Å². The van der Waals surface area contributed by atoms with Gasteiger partial charge in [0.15, 0.2) is 6.10 Å². The second-order valence-electron chi connectivity index (χ2n) is 4.30. The smallest absolute Gasteiger partial charge is 0.371 e. The van der Waals surface area contributed by atoms with Crippen molar-refractivity contribution in [3.63, 3.8) is 0 Å². The highest BCUT2D eigenvalue weighted by atomic mass is 79.9. The minimum absolute atomic E-state index is 0.117. The van der Waals surface area contributed by atoms with E-state index in [9.17, 15) is 4.79 Å². The number of hydrogen-bond acceptors (Lipinski definition) is 3. The van der Waals surface area contributed by atoms with E-state index in [4.69, 9.17) is 25.9 Å². The largest absolute Gasteiger partial charge is 0.481 e. The van der Waals surface area contributed by atoms with Gasteiger partial charge in [-0.25, -0.2) is 4.79 Å². The number of ether oxygens (including phenoxy) is 1. The summed E-state index contributed by atoms with van der Waals surface area (Å²) in [4.78, 5) is 10.8. The molecule has 2 aromatic rings. The van der Waals surface area contributed by atoms with Gasteiger partial charge in [0.25, 0.3) is 0 Å². The van der Waals surface area contributed by atoms with Crippen LogP contribution in [0.25, 0.3) is 0 Å². The molecule has 1 aromatic carbocycles. The van der Waals surface area contributed by atoms with Gasteiger partial charge in [-0.2, -0.15) is 0 Å². The monoisotopic (exact) mass is 358 g/mol. The lowest BCUT2D eigenvalue weighted by atomic mass is 10.2. The number of halogens is 2.